The molecule has 0 unspecified atom stereocenters. The van der Waals surface area contributed by atoms with Crippen molar-refractivity contribution in [3.63, 3.8) is 0 Å². The fourth-order valence-electron chi connectivity index (χ4n) is 1.20. The maximum absolute atomic E-state index is 13.3. The summed E-state index contributed by atoms with van der Waals surface area (Å²) in [6, 6.07) is 4.79. The fourth-order valence-corrected chi connectivity index (χ4v) is 1.20. The molecule has 3 heteroatoms. The van der Waals surface area contributed by atoms with Crippen LogP contribution in [-0.2, 0) is 6.54 Å². The van der Waals surface area contributed by atoms with Gasteiger partial charge in [0.1, 0.15) is 0 Å². The van der Waals surface area contributed by atoms with E-state index in [-0.39, 0.29) is 11.6 Å². The molecule has 0 aliphatic carbocycles. The quantitative estimate of drug-likeness (QED) is 0.577. The van der Waals surface area contributed by atoms with E-state index in [4.69, 9.17) is 10.5 Å². The van der Waals surface area contributed by atoms with Gasteiger partial charge in [-0.05, 0) is 30.5 Å². The lowest BCUT2D eigenvalue weighted by Crippen LogP contribution is -2.01. The zero-order chi connectivity index (χ0) is 11.1. The molecule has 0 aromatic heterocycles. The van der Waals surface area contributed by atoms with E-state index >= 15 is 0 Å². The summed E-state index contributed by atoms with van der Waals surface area (Å²) in [7, 11) is 0. The van der Waals surface area contributed by atoms with E-state index in [1.54, 1.807) is 12.1 Å². The fraction of sp³-hybridized carbons (Fsp3) is 0.333. The Kier molecular flexibility index (Phi) is 4.84. The summed E-state index contributed by atoms with van der Waals surface area (Å²) >= 11 is 0. The third-order valence-electron chi connectivity index (χ3n) is 2.04. The zero-order valence-electron chi connectivity index (χ0n) is 8.71. The van der Waals surface area contributed by atoms with E-state index in [1.165, 1.54) is 6.07 Å². The molecule has 2 N–H and O–H groups in total. The summed E-state index contributed by atoms with van der Waals surface area (Å²) in [5.74, 6) is -0.0622. The first-order chi connectivity index (χ1) is 7.27. The van der Waals surface area contributed by atoms with Gasteiger partial charge in [0.2, 0.25) is 0 Å². The summed E-state index contributed by atoms with van der Waals surface area (Å²) in [5, 5.41) is 0. The van der Waals surface area contributed by atoms with Crippen molar-refractivity contribution in [2.45, 2.75) is 19.4 Å². The van der Waals surface area contributed by atoms with E-state index in [9.17, 15) is 4.39 Å². The van der Waals surface area contributed by atoms with Crippen molar-refractivity contribution >= 4 is 0 Å². The minimum Gasteiger partial charge on any atom is -0.491 e. The topological polar surface area (TPSA) is 35.2 Å². The molecule has 0 aliphatic heterocycles. The van der Waals surface area contributed by atoms with Crippen molar-refractivity contribution in [2.75, 3.05) is 6.61 Å². The SMILES string of the molecule is C=CCCCOc1ccc(CN)cc1F. The molecule has 0 fully saturated rings. The number of rotatable bonds is 6. The van der Waals surface area contributed by atoms with Crippen LogP contribution >= 0.6 is 0 Å². The van der Waals surface area contributed by atoms with Gasteiger partial charge >= 0.3 is 0 Å². The Morgan fingerprint density at radius 1 is 1.47 bits per heavy atom. The number of halogens is 1. The van der Waals surface area contributed by atoms with Gasteiger partial charge in [0.15, 0.2) is 11.6 Å². The molecule has 0 heterocycles. The smallest absolute Gasteiger partial charge is 0.165 e. The first kappa shape index (κ1) is 11.7. The molecule has 0 bridgehead atoms. The third-order valence-corrected chi connectivity index (χ3v) is 2.04. The third kappa shape index (κ3) is 3.72. The van der Waals surface area contributed by atoms with E-state index < -0.39 is 0 Å². The summed E-state index contributed by atoms with van der Waals surface area (Å²) < 4.78 is 18.6. The predicted octanol–water partition coefficient (Wildman–Crippen LogP) is 2.63. The van der Waals surface area contributed by atoms with Gasteiger partial charge in [0.05, 0.1) is 6.61 Å². The highest BCUT2D eigenvalue weighted by molar-refractivity contribution is 5.29. The van der Waals surface area contributed by atoms with Gasteiger partial charge in [-0.3, -0.25) is 0 Å². The molecule has 1 rings (SSSR count). The molecule has 0 spiro atoms. The first-order valence-electron chi connectivity index (χ1n) is 5.00. The molecule has 1 aromatic carbocycles. The number of unbranched alkanes of at least 4 members (excludes halogenated alkanes) is 1. The zero-order valence-corrected chi connectivity index (χ0v) is 8.71. The first-order valence-corrected chi connectivity index (χ1v) is 5.00. The van der Waals surface area contributed by atoms with Gasteiger partial charge in [-0.15, -0.1) is 6.58 Å². The molecule has 0 radical (unpaired) electrons. The monoisotopic (exact) mass is 209 g/mol. The average molecular weight is 209 g/mol. The van der Waals surface area contributed by atoms with Crippen LogP contribution in [0.4, 0.5) is 4.39 Å². The molecule has 0 amide bonds. The van der Waals surface area contributed by atoms with Crippen LogP contribution in [0.25, 0.3) is 0 Å². The second kappa shape index (κ2) is 6.19. The summed E-state index contributed by atoms with van der Waals surface area (Å²) in [6.07, 6.45) is 3.54. The number of hydrogen-bond acceptors (Lipinski definition) is 2. The molecule has 0 saturated carbocycles. The summed E-state index contributed by atoms with van der Waals surface area (Å²) in [6.45, 7) is 4.45. The van der Waals surface area contributed by atoms with Crippen LogP contribution in [0.5, 0.6) is 5.75 Å². The second-order valence-corrected chi connectivity index (χ2v) is 3.25. The van der Waals surface area contributed by atoms with E-state index in [0.717, 1.165) is 18.4 Å². The Hall–Kier alpha value is -1.35. The molecule has 0 saturated heterocycles. The highest BCUT2D eigenvalue weighted by Crippen LogP contribution is 2.18. The molecular formula is C12H16FNO. The second-order valence-electron chi connectivity index (χ2n) is 3.25. The highest BCUT2D eigenvalue weighted by Gasteiger charge is 2.03. The number of nitrogens with two attached hydrogens (primary N) is 1. The molecule has 0 aliphatic rings. The number of benzene rings is 1. The Morgan fingerprint density at radius 3 is 2.87 bits per heavy atom. The van der Waals surface area contributed by atoms with Gasteiger partial charge in [-0.2, -0.15) is 0 Å². The minimum atomic E-state index is -0.350. The number of ether oxygens (including phenoxy) is 1. The van der Waals surface area contributed by atoms with Crippen molar-refractivity contribution in [2.24, 2.45) is 5.73 Å². The van der Waals surface area contributed by atoms with Crippen LogP contribution in [0.15, 0.2) is 30.9 Å². The Balaban J connectivity index is 2.50. The van der Waals surface area contributed by atoms with Crippen molar-refractivity contribution in [1.82, 2.24) is 0 Å². The maximum Gasteiger partial charge on any atom is 0.165 e. The Bertz CT molecular complexity index is 325. The molecule has 2 nitrogen and oxygen atoms in total. The normalized spacial score (nSPS) is 10.0. The Labute approximate surface area is 89.6 Å². The standard InChI is InChI=1S/C12H16FNO/c1-2-3-4-7-15-12-6-5-10(9-14)8-11(12)13/h2,5-6,8H,1,3-4,7,9,14H2. The van der Waals surface area contributed by atoms with Crippen LogP contribution in [0.1, 0.15) is 18.4 Å². The van der Waals surface area contributed by atoms with E-state index in [2.05, 4.69) is 6.58 Å². The van der Waals surface area contributed by atoms with Crippen LogP contribution in [0.3, 0.4) is 0 Å². The lowest BCUT2D eigenvalue weighted by atomic mass is 10.2. The van der Waals surface area contributed by atoms with Crippen LogP contribution in [0.2, 0.25) is 0 Å². The van der Waals surface area contributed by atoms with Gasteiger partial charge in [0, 0.05) is 6.54 Å². The van der Waals surface area contributed by atoms with Crippen molar-refractivity contribution < 1.29 is 9.13 Å². The lowest BCUT2D eigenvalue weighted by Gasteiger charge is -2.07. The van der Waals surface area contributed by atoms with Crippen molar-refractivity contribution in [1.29, 1.82) is 0 Å². The largest absolute Gasteiger partial charge is 0.491 e. The van der Waals surface area contributed by atoms with Crippen LogP contribution in [0, 0.1) is 5.82 Å². The average Bonchev–Trinajstić information content (AvgIpc) is 2.26. The van der Waals surface area contributed by atoms with Crippen LogP contribution < -0.4 is 10.5 Å². The summed E-state index contributed by atoms with van der Waals surface area (Å²) in [5.41, 5.74) is 6.16. The predicted molar refractivity (Wildman–Crippen MR) is 59.2 cm³/mol. The van der Waals surface area contributed by atoms with Crippen molar-refractivity contribution in [3.8, 4) is 5.75 Å². The van der Waals surface area contributed by atoms with Gasteiger partial charge in [-0.1, -0.05) is 12.1 Å². The van der Waals surface area contributed by atoms with E-state index in [1.807, 2.05) is 6.08 Å². The summed E-state index contributed by atoms with van der Waals surface area (Å²) in [4.78, 5) is 0. The molecule has 0 atom stereocenters. The molecular weight excluding hydrogens is 193 g/mol. The number of allylic oxidation sites excluding steroid dienone is 1. The van der Waals surface area contributed by atoms with Crippen LogP contribution in [-0.4, -0.2) is 6.61 Å². The van der Waals surface area contributed by atoms with Gasteiger partial charge in [0.25, 0.3) is 0 Å². The lowest BCUT2D eigenvalue weighted by molar-refractivity contribution is 0.296. The van der Waals surface area contributed by atoms with Gasteiger partial charge in [-0.25, -0.2) is 4.39 Å². The number of hydrogen-bond donors (Lipinski definition) is 1. The maximum atomic E-state index is 13.3. The Morgan fingerprint density at radius 2 is 2.27 bits per heavy atom. The van der Waals surface area contributed by atoms with E-state index in [0.29, 0.717) is 13.2 Å². The molecule has 15 heavy (non-hydrogen) atoms. The van der Waals surface area contributed by atoms with Gasteiger partial charge < -0.3 is 10.5 Å². The molecule has 82 valence electrons. The van der Waals surface area contributed by atoms with Crippen molar-refractivity contribution in [3.05, 3.63) is 42.2 Å². The highest BCUT2D eigenvalue weighted by atomic mass is 19.1. The minimum absolute atomic E-state index is 0.288. The molecule has 1 aromatic rings.